The van der Waals surface area contributed by atoms with E-state index in [0.717, 1.165) is 29.8 Å². The maximum atomic E-state index is 12.9. The first-order valence-corrected chi connectivity index (χ1v) is 9.65. The molecule has 1 heterocycles. The van der Waals surface area contributed by atoms with Crippen LogP contribution in [0.1, 0.15) is 39.8 Å². The Bertz CT molecular complexity index is 1040. The highest BCUT2D eigenvalue weighted by Gasteiger charge is 2.18. The van der Waals surface area contributed by atoms with Crippen LogP contribution in [0.25, 0.3) is 0 Å². The first kappa shape index (κ1) is 19.6. The molecule has 0 atom stereocenters. The highest BCUT2D eigenvalue weighted by molar-refractivity contribution is 6.05. The van der Waals surface area contributed by atoms with Crippen LogP contribution in [0.2, 0.25) is 0 Å². The highest BCUT2D eigenvalue weighted by Crippen LogP contribution is 2.17. The van der Waals surface area contributed by atoms with Crippen molar-refractivity contribution in [3.63, 3.8) is 0 Å². The lowest BCUT2D eigenvalue weighted by Crippen LogP contribution is -2.27. The molecular weight excluding hydrogens is 348 g/mol. The van der Waals surface area contributed by atoms with Gasteiger partial charge in [-0.05, 0) is 43.9 Å². The molecule has 0 aliphatic carbocycles. The summed E-state index contributed by atoms with van der Waals surface area (Å²) in [4.78, 5) is 25.5. The Morgan fingerprint density at radius 3 is 2.39 bits per heavy atom. The van der Waals surface area contributed by atoms with Crippen LogP contribution >= 0.6 is 0 Å². The molecule has 3 aromatic rings. The summed E-state index contributed by atoms with van der Waals surface area (Å²) in [5.41, 5.74) is 4.57. The molecule has 0 aliphatic rings. The van der Waals surface area contributed by atoms with Crippen LogP contribution in [0.4, 0.5) is 5.69 Å². The quantitative estimate of drug-likeness (QED) is 0.689. The number of aryl methyl sites for hydroxylation is 3. The van der Waals surface area contributed by atoms with Crippen molar-refractivity contribution in [3.05, 3.63) is 99.0 Å². The second kappa shape index (κ2) is 8.70. The molecule has 0 radical (unpaired) electrons. The number of pyridine rings is 1. The summed E-state index contributed by atoms with van der Waals surface area (Å²) in [5.74, 6) is -0.350. The molecule has 1 N–H and O–H groups in total. The number of anilines is 1. The third-order valence-electron chi connectivity index (χ3n) is 5.12. The predicted octanol–water partition coefficient (Wildman–Crippen LogP) is 4.52. The summed E-state index contributed by atoms with van der Waals surface area (Å²) in [6.07, 6.45) is 1.65. The van der Waals surface area contributed by atoms with Crippen molar-refractivity contribution in [2.24, 2.45) is 0 Å². The molecule has 28 heavy (non-hydrogen) atoms. The Hall–Kier alpha value is -3.14. The average molecular weight is 374 g/mol. The fourth-order valence-electron chi connectivity index (χ4n) is 3.56. The Labute approximate surface area is 165 Å². The second-order valence-corrected chi connectivity index (χ2v) is 6.96. The number of para-hydroxylation sites is 1. The molecule has 144 valence electrons. The Morgan fingerprint density at radius 2 is 1.68 bits per heavy atom. The summed E-state index contributed by atoms with van der Waals surface area (Å²) < 4.78 is 2.05. The molecule has 3 rings (SSSR count). The number of amides is 1. The molecule has 4 heteroatoms. The van der Waals surface area contributed by atoms with Crippen LogP contribution in [0.5, 0.6) is 0 Å². The fourth-order valence-corrected chi connectivity index (χ4v) is 3.56. The number of nitrogens with zero attached hydrogens (tertiary/aromatic N) is 1. The van der Waals surface area contributed by atoms with Crippen molar-refractivity contribution in [3.8, 4) is 0 Å². The molecule has 1 aromatic heterocycles. The van der Waals surface area contributed by atoms with Gasteiger partial charge in [0.1, 0.15) is 5.56 Å². The van der Waals surface area contributed by atoms with E-state index in [-0.39, 0.29) is 16.9 Å². The topological polar surface area (TPSA) is 51.1 Å². The van der Waals surface area contributed by atoms with Crippen molar-refractivity contribution in [1.29, 1.82) is 0 Å². The zero-order chi connectivity index (χ0) is 20.1. The van der Waals surface area contributed by atoms with E-state index in [2.05, 4.69) is 22.0 Å². The minimum absolute atomic E-state index is 0.213. The lowest BCUT2D eigenvalue weighted by Gasteiger charge is -2.18. The molecule has 2 aromatic carbocycles. The maximum Gasteiger partial charge on any atom is 0.261 e. The lowest BCUT2D eigenvalue weighted by atomic mass is 10.1. The van der Waals surface area contributed by atoms with Crippen LogP contribution in [0, 0.1) is 13.8 Å². The van der Waals surface area contributed by atoms with Gasteiger partial charge in [-0.25, -0.2) is 0 Å². The molecule has 0 unspecified atom stereocenters. The minimum Gasteiger partial charge on any atom is -0.348 e. The summed E-state index contributed by atoms with van der Waals surface area (Å²) in [7, 11) is 0. The maximum absolute atomic E-state index is 12.9. The summed E-state index contributed by atoms with van der Waals surface area (Å²) in [6.45, 7) is 6.51. The molecule has 4 nitrogen and oxygen atoms in total. The van der Waals surface area contributed by atoms with E-state index in [0.29, 0.717) is 12.2 Å². The van der Waals surface area contributed by atoms with Crippen LogP contribution in [-0.2, 0) is 19.4 Å². The van der Waals surface area contributed by atoms with Crippen molar-refractivity contribution in [1.82, 2.24) is 4.57 Å². The van der Waals surface area contributed by atoms with Crippen molar-refractivity contribution >= 4 is 11.6 Å². The van der Waals surface area contributed by atoms with E-state index in [1.807, 2.05) is 63.2 Å². The summed E-state index contributed by atoms with van der Waals surface area (Å²) >= 11 is 0. The van der Waals surface area contributed by atoms with E-state index in [4.69, 9.17) is 0 Å². The number of carbonyl (C=O) groups is 1. The minimum atomic E-state index is -0.350. The summed E-state index contributed by atoms with van der Waals surface area (Å²) in [6, 6.07) is 19.4. The van der Waals surface area contributed by atoms with E-state index < -0.39 is 0 Å². The standard InChI is InChI=1S/C24H26N2O2/c1-4-20-12-8-9-13-21(20)25-24(28)23-18(3)26(17(2)16-22(23)27)15-14-19-10-6-5-7-11-19/h5-13,16H,4,14-15H2,1-3H3,(H,25,28). The third kappa shape index (κ3) is 4.22. The Kier molecular flexibility index (Phi) is 6.09. The first-order valence-electron chi connectivity index (χ1n) is 9.65. The molecule has 1 amide bonds. The molecule has 0 fully saturated rings. The van der Waals surface area contributed by atoms with Gasteiger partial charge in [-0.2, -0.15) is 0 Å². The van der Waals surface area contributed by atoms with E-state index >= 15 is 0 Å². The fraction of sp³-hybridized carbons (Fsp3) is 0.250. The number of rotatable bonds is 6. The van der Waals surface area contributed by atoms with Gasteiger partial charge < -0.3 is 9.88 Å². The normalized spacial score (nSPS) is 10.7. The first-order chi connectivity index (χ1) is 13.5. The molecule has 0 aliphatic heterocycles. The zero-order valence-electron chi connectivity index (χ0n) is 16.7. The van der Waals surface area contributed by atoms with Crippen LogP contribution < -0.4 is 10.7 Å². The highest BCUT2D eigenvalue weighted by atomic mass is 16.2. The molecule has 0 spiro atoms. The SMILES string of the molecule is CCc1ccccc1NC(=O)c1c(C)n(CCc2ccccc2)c(C)cc1=O. The van der Waals surface area contributed by atoms with Gasteiger partial charge in [0, 0.05) is 29.7 Å². The van der Waals surface area contributed by atoms with Crippen LogP contribution in [0.3, 0.4) is 0 Å². The number of aromatic nitrogens is 1. The molecule has 0 saturated carbocycles. The number of carbonyl (C=O) groups excluding carboxylic acids is 1. The second-order valence-electron chi connectivity index (χ2n) is 6.96. The number of nitrogens with one attached hydrogen (secondary N) is 1. The van der Waals surface area contributed by atoms with Gasteiger partial charge in [0.2, 0.25) is 0 Å². The molecular formula is C24H26N2O2. The third-order valence-corrected chi connectivity index (χ3v) is 5.12. The lowest BCUT2D eigenvalue weighted by molar-refractivity contribution is 0.102. The summed E-state index contributed by atoms with van der Waals surface area (Å²) in [5, 5.41) is 2.93. The van der Waals surface area contributed by atoms with Gasteiger partial charge >= 0.3 is 0 Å². The van der Waals surface area contributed by atoms with Gasteiger partial charge in [-0.3, -0.25) is 9.59 Å². The van der Waals surface area contributed by atoms with Crippen LogP contribution in [0.15, 0.2) is 65.5 Å². The van der Waals surface area contributed by atoms with E-state index in [9.17, 15) is 9.59 Å². The smallest absolute Gasteiger partial charge is 0.261 e. The average Bonchev–Trinajstić information content (AvgIpc) is 2.68. The van der Waals surface area contributed by atoms with Crippen molar-refractivity contribution < 1.29 is 4.79 Å². The predicted molar refractivity (Wildman–Crippen MR) is 114 cm³/mol. The van der Waals surface area contributed by atoms with Gasteiger partial charge in [0.25, 0.3) is 5.91 Å². The van der Waals surface area contributed by atoms with E-state index in [1.54, 1.807) is 6.07 Å². The van der Waals surface area contributed by atoms with E-state index in [1.165, 1.54) is 5.56 Å². The van der Waals surface area contributed by atoms with Crippen molar-refractivity contribution in [2.75, 3.05) is 5.32 Å². The molecule has 0 saturated heterocycles. The van der Waals surface area contributed by atoms with Crippen LogP contribution in [-0.4, -0.2) is 10.5 Å². The Morgan fingerprint density at radius 1 is 1.00 bits per heavy atom. The van der Waals surface area contributed by atoms with Crippen molar-refractivity contribution in [2.45, 2.75) is 40.2 Å². The van der Waals surface area contributed by atoms with Gasteiger partial charge in [-0.1, -0.05) is 55.5 Å². The van der Waals surface area contributed by atoms with Gasteiger partial charge in [0.15, 0.2) is 5.43 Å². The van der Waals surface area contributed by atoms with Gasteiger partial charge in [0.05, 0.1) is 0 Å². The number of benzene rings is 2. The number of hydrogen-bond acceptors (Lipinski definition) is 2. The number of hydrogen-bond donors (Lipinski definition) is 1. The Balaban J connectivity index is 1.90. The zero-order valence-corrected chi connectivity index (χ0v) is 16.7. The molecule has 0 bridgehead atoms. The largest absolute Gasteiger partial charge is 0.348 e. The van der Waals surface area contributed by atoms with Gasteiger partial charge in [-0.15, -0.1) is 0 Å². The monoisotopic (exact) mass is 374 g/mol.